The normalized spacial score (nSPS) is 14.5. The molecule has 7 nitrogen and oxygen atoms in total. The molecule has 1 aliphatic heterocycles. The number of carbonyl (C=O) groups is 3. The van der Waals surface area contributed by atoms with Gasteiger partial charge in [0.05, 0.1) is 29.5 Å². The molecule has 1 fully saturated rings. The molecule has 0 atom stereocenters. The number of nitrogens with one attached hydrogen (secondary N) is 1. The molecular formula is C22H21Cl2N3O4. The summed E-state index contributed by atoms with van der Waals surface area (Å²) >= 11 is 12.0. The number of halogens is 2. The number of methoxy groups -OCH3 is 1. The van der Waals surface area contributed by atoms with Crippen LogP contribution in [0.15, 0.2) is 47.6 Å². The van der Waals surface area contributed by atoms with Gasteiger partial charge in [-0.15, -0.1) is 0 Å². The van der Waals surface area contributed by atoms with Gasteiger partial charge in [-0.05, 0) is 48.7 Å². The lowest BCUT2D eigenvalue weighted by molar-refractivity contribution is -0.126. The number of amides is 2. The number of ether oxygens (including phenoxy) is 1. The van der Waals surface area contributed by atoms with E-state index >= 15 is 0 Å². The van der Waals surface area contributed by atoms with E-state index in [4.69, 9.17) is 23.2 Å². The van der Waals surface area contributed by atoms with Crippen LogP contribution >= 0.6 is 23.2 Å². The van der Waals surface area contributed by atoms with E-state index in [2.05, 4.69) is 15.3 Å². The number of rotatable bonds is 5. The quantitative estimate of drug-likeness (QED) is 0.416. The summed E-state index contributed by atoms with van der Waals surface area (Å²) in [6.07, 6.45) is 2.57. The Labute approximate surface area is 190 Å². The molecule has 0 radical (unpaired) electrons. The maximum absolute atomic E-state index is 12.7. The summed E-state index contributed by atoms with van der Waals surface area (Å²) in [5.74, 6) is -1.02. The highest BCUT2D eigenvalue weighted by atomic mass is 35.5. The second kappa shape index (κ2) is 10.4. The van der Waals surface area contributed by atoms with Gasteiger partial charge in [0.25, 0.3) is 5.91 Å². The molecule has 1 heterocycles. The molecule has 0 bridgehead atoms. The minimum absolute atomic E-state index is 0.172. The number of hydrazone groups is 1. The van der Waals surface area contributed by atoms with Gasteiger partial charge in [-0.2, -0.15) is 5.10 Å². The Morgan fingerprint density at radius 3 is 2.39 bits per heavy atom. The number of likely N-dealkylation sites (tertiary alicyclic amines) is 1. The topological polar surface area (TPSA) is 88.1 Å². The smallest absolute Gasteiger partial charge is 0.337 e. The summed E-state index contributed by atoms with van der Waals surface area (Å²) in [5.41, 5.74) is 4.10. The molecule has 2 aromatic rings. The predicted molar refractivity (Wildman–Crippen MR) is 119 cm³/mol. The van der Waals surface area contributed by atoms with E-state index in [-0.39, 0.29) is 17.7 Å². The van der Waals surface area contributed by atoms with Crippen molar-refractivity contribution in [2.75, 3.05) is 20.2 Å². The van der Waals surface area contributed by atoms with Crippen molar-refractivity contribution in [3.05, 3.63) is 69.2 Å². The standard InChI is InChI=1S/C22H21Cl2N3O4/c1-31-22(30)16-4-2-14(3-5-16)13-25-26-20(28)15-8-10-27(11-9-15)21(29)18-7-6-17(23)12-19(18)24/h2-7,12-13,15H,8-11H2,1H3,(H,26,28)/b25-13-. The zero-order chi connectivity index (χ0) is 22.4. The molecule has 2 aromatic carbocycles. The highest BCUT2D eigenvalue weighted by Crippen LogP contribution is 2.25. The predicted octanol–water partition coefficient (Wildman–Crippen LogP) is 3.78. The molecule has 0 aromatic heterocycles. The number of hydrogen-bond acceptors (Lipinski definition) is 5. The molecule has 1 N–H and O–H groups in total. The number of piperidine rings is 1. The van der Waals surface area contributed by atoms with Crippen molar-refractivity contribution in [2.45, 2.75) is 12.8 Å². The molecule has 31 heavy (non-hydrogen) atoms. The Morgan fingerprint density at radius 2 is 1.77 bits per heavy atom. The van der Waals surface area contributed by atoms with E-state index in [0.717, 1.165) is 5.56 Å². The second-order valence-electron chi connectivity index (χ2n) is 7.04. The Morgan fingerprint density at radius 1 is 1.10 bits per heavy atom. The van der Waals surface area contributed by atoms with Gasteiger partial charge in [-0.25, -0.2) is 10.2 Å². The van der Waals surface area contributed by atoms with E-state index in [0.29, 0.717) is 47.1 Å². The lowest BCUT2D eigenvalue weighted by Gasteiger charge is -2.31. The molecule has 3 rings (SSSR count). The molecule has 0 aliphatic carbocycles. The third-order valence-corrected chi connectivity index (χ3v) is 5.58. The average molecular weight is 462 g/mol. The number of carbonyl (C=O) groups excluding carboxylic acids is 3. The number of benzene rings is 2. The van der Waals surface area contributed by atoms with E-state index in [1.165, 1.54) is 19.4 Å². The molecule has 1 saturated heterocycles. The first-order valence-corrected chi connectivity index (χ1v) is 10.4. The van der Waals surface area contributed by atoms with Crippen molar-refractivity contribution < 1.29 is 19.1 Å². The summed E-state index contributed by atoms with van der Waals surface area (Å²) in [6.45, 7) is 0.906. The SMILES string of the molecule is COC(=O)c1ccc(/C=N\NC(=O)C2CCN(C(=O)c3ccc(Cl)cc3Cl)CC2)cc1. The monoisotopic (exact) mass is 461 g/mol. The minimum atomic E-state index is -0.417. The molecule has 0 unspecified atom stereocenters. The van der Waals surface area contributed by atoms with Crippen molar-refractivity contribution >= 4 is 47.2 Å². The fourth-order valence-electron chi connectivity index (χ4n) is 3.26. The number of hydrogen-bond donors (Lipinski definition) is 1. The van der Waals surface area contributed by atoms with Crippen LogP contribution < -0.4 is 5.43 Å². The molecule has 0 saturated carbocycles. The Kier molecular flexibility index (Phi) is 7.65. The van der Waals surface area contributed by atoms with Crippen molar-refractivity contribution in [1.82, 2.24) is 10.3 Å². The minimum Gasteiger partial charge on any atom is -0.465 e. The van der Waals surface area contributed by atoms with Crippen LogP contribution in [0.4, 0.5) is 0 Å². The highest BCUT2D eigenvalue weighted by Gasteiger charge is 2.28. The van der Waals surface area contributed by atoms with Crippen LogP contribution in [0, 0.1) is 5.92 Å². The van der Waals surface area contributed by atoms with E-state index in [1.54, 1.807) is 41.3 Å². The van der Waals surface area contributed by atoms with E-state index < -0.39 is 5.97 Å². The molecule has 2 amide bonds. The molecular weight excluding hydrogens is 441 g/mol. The summed E-state index contributed by atoms with van der Waals surface area (Å²) in [4.78, 5) is 38.2. The summed E-state index contributed by atoms with van der Waals surface area (Å²) in [7, 11) is 1.32. The van der Waals surface area contributed by atoms with Crippen molar-refractivity contribution in [1.29, 1.82) is 0 Å². The lowest BCUT2D eigenvalue weighted by Crippen LogP contribution is -2.42. The van der Waals surface area contributed by atoms with Gasteiger partial charge in [0, 0.05) is 24.0 Å². The van der Waals surface area contributed by atoms with Gasteiger partial charge >= 0.3 is 5.97 Å². The van der Waals surface area contributed by atoms with Crippen molar-refractivity contribution in [2.24, 2.45) is 11.0 Å². The first-order chi connectivity index (χ1) is 14.9. The molecule has 1 aliphatic rings. The zero-order valence-electron chi connectivity index (χ0n) is 16.8. The number of nitrogens with zero attached hydrogens (tertiary/aromatic N) is 2. The molecule has 162 valence electrons. The summed E-state index contributed by atoms with van der Waals surface area (Å²) < 4.78 is 4.65. The van der Waals surface area contributed by atoms with Crippen LogP contribution in [0.3, 0.4) is 0 Å². The lowest BCUT2D eigenvalue weighted by atomic mass is 9.95. The van der Waals surface area contributed by atoms with Gasteiger partial charge in [0.15, 0.2) is 0 Å². The fourth-order valence-corrected chi connectivity index (χ4v) is 3.75. The van der Waals surface area contributed by atoms with Crippen LogP contribution in [-0.4, -0.2) is 49.1 Å². The van der Waals surface area contributed by atoms with Crippen molar-refractivity contribution in [3.63, 3.8) is 0 Å². The third-order valence-electron chi connectivity index (χ3n) is 5.03. The zero-order valence-corrected chi connectivity index (χ0v) is 18.3. The Hall–Kier alpha value is -2.90. The van der Waals surface area contributed by atoms with E-state index in [9.17, 15) is 14.4 Å². The summed E-state index contributed by atoms with van der Waals surface area (Å²) in [5, 5.41) is 4.76. The van der Waals surface area contributed by atoms with Crippen LogP contribution in [0.5, 0.6) is 0 Å². The van der Waals surface area contributed by atoms with Gasteiger partial charge in [-0.3, -0.25) is 9.59 Å². The van der Waals surface area contributed by atoms with Crippen LogP contribution in [0.25, 0.3) is 0 Å². The van der Waals surface area contributed by atoms with Gasteiger partial charge in [-0.1, -0.05) is 35.3 Å². The molecule has 0 spiro atoms. The second-order valence-corrected chi connectivity index (χ2v) is 7.88. The average Bonchev–Trinajstić information content (AvgIpc) is 2.78. The highest BCUT2D eigenvalue weighted by molar-refractivity contribution is 6.36. The Balaban J connectivity index is 1.49. The van der Waals surface area contributed by atoms with Gasteiger partial charge in [0.1, 0.15) is 0 Å². The summed E-state index contributed by atoms with van der Waals surface area (Å²) in [6, 6.07) is 11.4. The van der Waals surface area contributed by atoms with Gasteiger partial charge < -0.3 is 9.64 Å². The van der Waals surface area contributed by atoms with Crippen LogP contribution in [0.1, 0.15) is 39.1 Å². The van der Waals surface area contributed by atoms with Crippen LogP contribution in [0.2, 0.25) is 10.0 Å². The first-order valence-electron chi connectivity index (χ1n) is 9.64. The van der Waals surface area contributed by atoms with Crippen molar-refractivity contribution in [3.8, 4) is 0 Å². The maximum Gasteiger partial charge on any atom is 0.337 e. The number of esters is 1. The van der Waals surface area contributed by atoms with Crippen LogP contribution in [-0.2, 0) is 9.53 Å². The van der Waals surface area contributed by atoms with Gasteiger partial charge in [0.2, 0.25) is 5.91 Å². The fraction of sp³-hybridized carbons (Fsp3) is 0.273. The Bertz CT molecular complexity index is 1000. The maximum atomic E-state index is 12.7. The third kappa shape index (κ3) is 5.83. The largest absolute Gasteiger partial charge is 0.465 e. The molecule has 9 heteroatoms. The van der Waals surface area contributed by atoms with E-state index in [1.807, 2.05) is 0 Å². The first kappa shape index (κ1) is 22.8.